The molecule has 0 aliphatic carbocycles. The molecule has 3 atom stereocenters. The number of rotatable bonds is 3. The van der Waals surface area contributed by atoms with Crippen molar-refractivity contribution < 1.29 is 24.2 Å². The molecular weight excluding hydrogens is 306 g/mol. The number of halogens is 1. The maximum absolute atomic E-state index is 11.5. The van der Waals surface area contributed by atoms with E-state index in [4.69, 9.17) is 14.6 Å². The molecule has 1 aliphatic heterocycles. The Bertz CT molecular complexity index is 328. The summed E-state index contributed by atoms with van der Waals surface area (Å²) in [6, 6.07) is -0.726. The largest absolute Gasteiger partial charge is 0.459 e. The summed E-state index contributed by atoms with van der Waals surface area (Å²) < 4.78 is 10.1. The number of amides is 1. The van der Waals surface area contributed by atoms with E-state index < -0.39 is 29.8 Å². The number of carbonyl (C=O) groups is 2. The summed E-state index contributed by atoms with van der Waals surface area (Å²) in [5, 5.41) is 11.4. The lowest BCUT2D eigenvalue weighted by Gasteiger charge is -2.20. The molecule has 2 N–H and O–H groups in total. The van der Waals surface area contributed by atoms with E-state index in [0.717, 1.165) is 0 Å². The molecule has 1 aliphatic rings. The highest BCUT2D eigenvalue weighted by Gasteiger charge is 2.39. The van der Waals surface area contributed by atoms with E-state index in [-0.39, 0.29) is 11.4 Å². The third kappa shape index (κ3) is 4.45. The van der Waals surface area contributed by atoms with E-state index >= 15 is 0 Å². The van der Waals surface area contributed by atoms with Crippen LogP contribution in [0.15, 0.2) is 0 Å². The van der Waals surface area contributed by atoms with Crippen LogP contribution in [0, 0.1) is 0 Å². The monoisotopic (exact) mass is 323 g/mol. The van der Waals surface area contributed by atoms with E-state index in [1.54, 1.807) is 20.8 Å². The third-order valence-electron chi connectivity index (χ3n) is 2.29. The van der Waals surface area contributed by atoms with Gasteiger partial charge < -0.3 is 19.9 Å². The van der Waals surface area contributed by atoms with Crippen molar-refractivity contribution in [3.63, 3.8) is 0 Å². The fourth-order valence-electron chi connectivity index (χ4n) is 1.51. The molecule has 1 amide bonds. The smallest absolute Gasteiger partial charge is 0.408 e. The highest BCUT2D eigenvalue weighted by atomic mass is 79.9. The van der Waals surface area contributed by atoms with Gasteiger partial charge in [-0.05, 0) is 20.8 Å². The first-order valence-corrected chi connectivity index (χ1v) is 6.59. The normalized spacial score (nSPS) is 25.5. The van der Waals surface area contributed by atoms with Crippen LogP contribution < -0.4 is 5.32 Å². The second kappa shape index (κ2) is 5.88. The van der Waals surface area contributed by atoms with Gasteiger partial charge in [-0.2, -0.15) is 0 Å². The first kappa shape index (κ1) is 15.2. The molecule has 0 aromatic rings. The van der Waals surface area contributed by atoms with Crippen molar-refractivity contribution in [2.45, 2.75) is 49.8 Å². The van der Waals surface area contributed by atoms with Crippen molar-refractivity contribution >= 4 is 28.0 Å². The molecule has 18 heavy (non-hydrogen) atoms. The molecule has 1 rings (SSSR count). The summed E-state index contributed by atoms with van der Waals surface area (Å²) in [6.07, 6.45) is -0.781. The standard InChI is InChI=1S/C11H18BrNO5/c1-11(2,3)18-10(16)13-7-4-8(6(12)5-14)17-9(7)15/h6-8,14H,4-5H2,1-3H3,(H,13,16)/t6-,7-,8-/m0/s1. The van der Waals surface area contributed by atoms with Gasteiger partial charge in [0, 0.05) is 6.42 Å². The van der Waals surface area contributed by atoms with E-state index in [1.165, 1.54) is 0 Å². The lowest BCUT2D eigenvalue weighted by molar-refractivity contribution is -0.143. The Morgan fingerprint density at radius 1 is 1.67 bits per heavy atom. The number of aliphatic hydroxyl groups excluding tert-OH is 1. The van der Waals surface area contributed by atoms with Gasteiger partial charge in [0.1, 0.15) is 17.7 Å². The van der Waals surface area contributed by atoms with Gasteiger partial charge in [0.25, 0.3) is 0 Å². The van der Waals surface area contributed by atoms with Crippen LogP contribution in [0.3, 0.4) is 0 Å². The lowest BCUT2D eigenvalue weighted by atomic mass is 10.1. The first-order valence-electron chi connectivity index (χ1n) is 5.68. The van der Waals surface area contributed by atoms with Crippen LogP contribution in [0.1, 0.15) is 27.2 Å². The number of nitrogens with one attached hydrogen (secondary N) is 1. The van der Waals surface area contributed by atoms with Crippen LogP contribution in [0.2, 0.25) is 0 Å². The quantitative estimate of drug-likeness (QED) is 0.596. The minimum absolute atomic E-state index is 0.142. The van der Waals surface area contributed by atoms with Crippen molar-refractivity contribution in [2.75, 3.05) is 6.61 Å². The fourth-order valence-corrected chi connectivity index (χ4v) is 1.84. The zero-order valence-electron chi connectivity index (χ0n) is 10.6. The predicted octanol–water partition coefficient (Wildman–Crippen LogP) is 0.951. The van der Waals surface area contributed by atoms with Crippen LogP contribution in [0.4, 0.5) is 4.79 Å². The van der Waals surface area contributed by atoms with Gasteiger partial charge in [-0.25, -0.2) is 9.59 Å². The van der Waals surface area contributed by atoms with Gasteiger partial charge in [0.2, 0.25) is 0 Å². The van der Waals surface area contributed by atoms with Gasteiger partial charge >= 0.3 is 12.1 Å². The molecule has 0 aromatic heterocycles. The Labute approximate surface area is 114 Å². The average molecular weight is 324 g/mol. The zero-order valence-corrected chi connectivity index (χ0v) is 12.2. The Kier molecular flexibility index (Phi) is 4.98. The Hall–Kier alpha value is -0.820. The summed E-state index contributed by atoms with van der Waals surface area (Å²) >= 11 is 3.20. The van der Waals surface area contributed by atoms with Gasteiger partial charge in [-0.15, -0.1) is 0 Å². The number of hydrogen-bond acceptors (Lipinski definition) is 5. The Morgan fingerprint density at radius 2 is 2.28 bits per heavy atom. The van der Waals surface area contributed by atoms with E-state index in [1.807, 2.05) is 0 Å². The van der Waals surface area contributed by atoms with Gasteiger partial charge in [0.05, 0.1) is 11.4 Å². The number of esters is 1. The lowest BCUT2D eigenvalue weighted by Crippen LogP contribution is -2.41. The molecule has 0 radical (unpaired) electrons. The van der Waals surface area contributed by atoms with Crippen LogP contribution >= 0.6 is 15.9 Å². The summed E-state index contributed by atoms with van der Waals surface area (Å²) in [5.74, 6) is -0.510. The predicted molar refractivity (Wildman–Crippen MR) is 67.5 cm³/mol. The van der Waals surface area contributed by atoms with Crippen molar-refractivity contribution in [2.24, 2.45) is 0 Å². The maximum Gasteiger partial charge on any atom is 0.408 e. The van der Waals surface area contributed by atoms with E-state index in [9.17, 15) is 9.59 Å². The van der Waals surface area contributed by atoms with Crippen LogP contribution in [0.5, 0.6) is 0 Å². The van der Waals surface area contributed by atoms with Crippen molar-refractivity contribution in [3.05, 3.63) is 0 Å². The Balaban J connectivity index is 2.49. The summed E-state index contributed by atoms with van der Waals surface area (Å²) in [5.41, 5.74) is -0.616. The molecule has 104 valence electrons. The molecule has 0 aromatic carbocycles. The number of aliphatic hydroxyl groups is 1. The molecule has 0 spiro atoms. The van der Waals surface area contributed by atoms with Crippen molar-refractivity contribution in [1.82, 2.24) is 5.32 Å². The first-order chi connectivity index (χ1) is 8.23. The SMILES string of the molecule is CC(C)(C)OC(=O)N[C@H]1C[C@@H]([C@@H](Br)CO)OC1=O. The number of cyclic esters (lactones) is 1. The minimum Gasteiger partial charge on any atom is -0.459 e. The number of hydrogen-bond donors (Lipinski definition) is 2. The average Bonchev–Trinajstić information content (AvgIpc) is 2.56. The fraction of sp³-hybridized carbons (Fsp3) is 0.818. The van der Waals surface area contributed by atoms with Gasteiger partial charge in [-0.1, -0.05) is 15.9 Å². The molecule has 0 unspecified atom stereocenters. The van der Waals surface area contributed by atoms with E-state index in [0.29, 0.717) is 6.42 Å². The molecule has 1 fully saturated rings. The molecular formula is C11H18BrNO5. The molecule has 7 heteroatoms. The van der Waals surface area contributed by atoms with Crippen LogP contribution in [-0.2, 0) is 14.3 Å². The molecule has 6 nitrogen and oxygen atoms in total. The van der Waals surface area contributed by atoms with E-state index in [2.05, 4.69) is 21.2 Å². The summed E-state index contributed by atoms with van der Waals surface area (Å²) in [4.78, 5) is 22.7. The molecule has 0 bridgehead atoms. The molecule has 0 saturated carbocycles. The topological polar surface area (TPSA) is 84.9 Å². The van der Waals surface area contributed by atoms with Gasteiger partial charge in [0.15, 0.2) is 0 Å². The maximum atomic E-state index is 11.5. The molecule has 1 saturated heterocycles. The Morgan fingerprint density at radius 3 is 2.78 bits per heavy atom. The third-order valence-corrected chi connectivity index (χ3v) is 3.17. The highest BCUT2D eigenvalue weighted by molar-refractivity contribution is 9.09. The zero-order chi connectivity index (χ0) is 13.9. The van der Waals surface area contributed by atoms with Crippen LogP contribution in [0.25, 0.3) is 0 Å². The number of alkyl carbamates (subject to hydrolysis) is 1. The number of alkyl halides is 1. The molecule has 1 heterocycles. The second-order valence-corrected chi connectivity index (χ2v) is 6.28. The number of carbonyl (C=O) groups excluding carboxylic acids is 2. The highest BCUT2D eigenvalue weighted by Crippen LogP contribution is 2.22. The second-order valence-electron chi connectivity index (χ2n) is 5.11. The van der Waals surface area contributed by atoms with Crippen molar-refractivity contribution in [3.8, 4) is 0 Å². The summed E-state index contributed by atoms with van der Waals surface area (Å²) in [6.45, 7) is 5.07. The van der Waals surface area contributed by atoms with Crippen LogP contribution in [-0.4, -0.2) is 46.3 Å². The number of ether oxygens (including phenoxy) is 2. The van der Waals surface area contributed by atoms with Crippen molar-refractivity contribution in [1.29, 1.82) is 0 Å². The minimum atomic E-state index is -0.726. The summed E-state index contributed by atoms with van der Waals surface area (Å²) in [7, 11) is 0. The van der Waals surface area contributed by atoms with Gasteiger partial charge in [-0.3, -0.25) is 0 Å².